The predicted octanol–water partition coefficient (Wildman–Crippen LogP) is 13.4. The van der Waals surface area contributed by atoms with Crippen molar-refractivity contribution in [2.24, 2.45) is 0 Å². The van der Waals surface area contributed by atoms with Crippen LogP contribution in [-0.4, -0.2) is 15.0 Å². The Bertz CT molecular complexity index is 2880. The highest BCUT2D eigenvalue weighted by atomic mass is 16.3. The van der Waals surface area contributed by atoms with Crippen LogP contribution in [0.2, 0.25) is 0 Å². The fraction of sp³-hybridized carbons (Fsp3) is 0. The summed E-state index contributed by atoms with van der Waals surface area (Å²) >= 11 is 0. The molecule has 0 amide bonds. The highest BCUT2D eigenvalue weighted by Crippen LogP contribution is 2.39. The molecular weight excluding hydrogens is 671 g/mol. The number of hydrogen-bond donors (Lipinski definition) is 0. The lowest BCUT2D eigenvalue weighted by Crippen LogP contribution is -2.00. The van der Waals surface area contributed by atoms with Crippen molar-refractivity contribution in [3.8, 4) is 78.7 Å². The van der Waals surface area contributed by atoms with Crippen LogP contribution in [0.5, 0.6) is 0 Å². The van der Waals surface area contributed by atoms with Gasteiger partial charge in [0.15, 0.2) is 17.5 Å². The van der Waals surface area contributed by atoms with Crippen molar-refractivity contribution in [3.05, 3.63) is 200 Å². The summed E-state index contributed by atoms with van der Waals surface area (Å²) in [4.78, 5) is 15.0. The number of hydrogen-bond acceptors (Lipinski definition) is 4. The Hall–Kier alpha value is -7.43. The molecular formula is C51H33N3O. The molecule has 0 spiro atoms. The Morgan fingerprint density at radius 1 is 0.273 bits per heavy atom. The van der Waals surface area contributed by atoms with Crippen LogP contribution in [0.3, 0.4) is 0 Å². The van der Waals surface area contributed by atoms with Gasteiger partial charge in [-0.05, 0) is 68.8 Å². The van der Waals surface area contributed by atoms with Crippen LogP contribution in [0.4, 0.5) is 0 Å². The molecule has 0 N–H and O–H groups in total. The summed E-state index contributed by atoms with van der Waals surface area (Å²) in [5.41, 5.74) is 13.8. The number of aromatic nitrogens is 3. The topological polar surface area (TPSA) is 51.8 Å². The first-order valence-electron chi connectivity index (χ1n) is 18.4. The first kappa shape index (κ1) is 32.2. The molecule has 0 atom stereocenters. The molecule has 2 heterocycles. The minimum absolute atomic E-state index is 0.601. The van der Waals surface area contributed by atoms with Gasteiger partial charge in [0.05, 0.1) is 0 Å². The number of furan rings is 1. The van der Waals surface area contributed by atoms with Crippen molar-refractivity contribution in [1.82, 2.24) is 15.0 Å². The molecule has 8 aromatic carbocycles. The molecule has 2 aromatic heterocycles. The Balaban J connectivity index is 1.01. The average Bonchev–Trinajstić information content (AvgIpc) is 3.66. The van der Waals surface area contributed by atoms with E-state index in [2.05, 4.69) is 121 Å². The van der Waals surface area contributed by atoms with E-state index in [1.165, 1.54) is 27.8 Å². The third-order valence-electron chi connectivity index (χ3n) is 10.2. The maximum absolute atomic E-state index is 6.43. The summed E-state index contributed by atoms with van der Waals surface area (Å²) < 4.78 is 6.43. The normalized spacial score (nSPS) is 11.3. The molecule has 0 fully saturated rings. The van der Waals surface area contributed by atoms with E-state index in [0.717, 1.165) is 55.3 Å². The van der Waals surface area contributed by atoms with Gasteiger partial charge in [0, 0.05) is 27.5 Å². The van der Waals surface area contributed by atoms with E-state index in [1.54, 1.807) is 0 Å². The Kier molecular flexibility index (Phi) is 8.12. The van der Waals surface area contributed by atoms with E-state index < -0.39 is 0 Å². The lowest BCUT2D eigenvalue weighted by atomic mass is 9.95. The summed E-state index contributed by atoms with van der Waals surface area (Å²) in [5, 5.41) is 1.99. The van der Waals surface area contributed by atoms with E-state index in [1.807, 2.05) is 78.9 Å². The molecule has 0 radical (unpaired) electrons. The van der Waals surface area contributed by atoms with Crippen LogP contribution in [0.1, 0.15) is 0 Å². The summed E-state index contributed by atoms with van der Waals surface area (Å²) in [7, 11) is 0. The third kappa shape index (κ3) is 6.26. The summed E-state index contributed by atoms with van der Waals surface area (Å²) in [6, 6.07) is 69.5. The molecule has 0 aliphatic rings. The average molecular weight is 704 g/mol. The molecule has 0 unspecified atom stereocenters. The minimum atomic E-state index is 0.601. The Morgan fingerprint density at radius 3 is 1.24 bits per heavy atom. The smallest absolute Gasteiger partial charge is 0.164 e. The van der Waals surface area contributed by atoms with Gasteiger partial charge >= 0.3 is 0 Å². The van der Waals surface area contributed by atoms with Crippen LogP contribution >= 0.6 is 0 Å². The van der Waals surface area contributed by atoms with Crippen molar-refractivity contribution in [2.45, 2.75) is 0 Å². The van der Waals surface area contributed by atoms with Gasteiger partial charge in [0.25, 0.3) is 0 Å². The fourth-order valence-corrected chi connectivity index (χ4v) is 7.34. The molecule has 10 rings (SSSR count). The zero-order chi connectivity index (χ0) is 36.6. The second-order valence-electron chi connectivity index (χ2n) is 13.6. The fourth-order valence-electron chi connectivity index (χ4n) is 7.34. The van der Waals surface area contributed by atoms with E-state index in [4.69, 9.17) is 19.4 Å². The monoisotopic (exact) mass is 703 g/mol. The van der Waals surface area contributed by atoms with Crippen LogP contribution in [0.25, 0.3) is 101 Å². The predicted molar refractivity (Wildman–Crippen MR) is 225 cm³/mol. The van der Waals surface area contributed by atoms with E-state index in [9.17, 15) is 0 Å². The molecule has 55 heavy (non-hydrogen) atoms. The first-order chi connectivity index (χ1) is 27.2. The van der Waals surface area contributed by atoms with Gasteiger partial charge in [-0.3, -0.25) is 0 Å². The van der Waals surface area contributed by atoms with Crippen LogP contribution in [0, 0.1) is 0 Å². The lowest BCUT2D eigenvalue weighted by Gasteiger charge is -2.10. The number of fused-ring (bicyclic) bond motifs is 3. The Labute approximate surface area is 319 Å². The minimum Gasteiger partial charge on any atom is -0.456 e. The maximum atomic E-state index is 6.43. The van der Waals surface area contributed by atoms with Crippen molar-refractivity contribution < 1.29 is 4.42 Å². The van der Waals surface area contributed by atoms with Gasteiger partial charge < -0.3 is 4.42 Å². The molecule has 10 aromatic rings. The van der Waals surface area contributed by atoms with E-state index in [0.29, 0.717) is 17.5 Å². The summed E-state index contributed by atoms with van der Waals surface area (Å²) in [6.07, 6.45) is 0. The number of nitrogens with zero attached hydrogens (tertiary/aromatic N) is 3. The Morgan fingerprint density at radius 2 is 0.673 bits per heavy atom. The lowest BCUT2D eigenvalue weighted by molar-refractivity contribution is 0.669. The van der Waals surface area contributed by atoms with Crippen molar-refractivity contribution >= 4 is 21.9 Å². The summed E-state index contributed by atoms with van der Waals surface area (Å²) in [6.45, 7) is 0. The van der Waals surface area contributed by atoms with Gasteiger partial charge in [-0.15, -0.1) is 0 Å². The molecule has 0 saturated heterocycles. The highest BCUT2D eigenvalue weighted by Gasteiger charge is 2.18. The maximum Gasteiger partial charge on any atom is 0.164 e. The van der Waals surface area contributed by atoms with Gasteiger partial charge in [-0.2, -0.15) is 0 Å². The second kappa shape index (κ2) is 13.8. The first-order valence-corrected chi connectivity index (χ1v) is 18.4. The highest BCUT2D eigenvalue weighted by molar-refractivity contribution is 6.12. The zero-order valence-corrected chi connectivity index (χ0v) is 29.8. The standard InChI is InChI=1S/C51H33N3O/c1-4-12-34(13-5-1)35-22-24-36(25-23-35)37-26-28-38(29-27-37)41-18-10-19-42(32-41)43-30-31-46-45(33-43)48-44(20-11-21-47(48)55-46)51-53-49(39-14-6-2-7-15-39)52-50(54-51)40-16-8-3-9-17-40/h1-33H. The van der Waals surface area contributed by atoms with Gasteiger partial charge in [-0.1, -0.05) is 176 Å². The third-order valence-corrected chi connectivity index (χ3v) is 10.2. The molecule has 0 bridgehead atoms. The van der Waals surface area contributed by atoms with Crippen LogP contribution in [-0.2, 0) is 0 Å². The number of benzene rings is 8. The molecule has 0 aliphatic carbocycles. The summed E-state index contributed by atoms with van der Waals surface area (Å²) in [5.74, 6) is 1.85. The zero-order valence-electron chi connectivity index (χ0n) is 29.8. The van der Waals surface area contributed by atoms with Gasteiger partial charge in [0.2, 0.25) is 0 Å². The van der Waals surface area contributed by atoms with Crippen molar-refractivity contribution in [1.29, 1.82) is 0 Å². The van der Waals surface area contributed by atoms with Gasteiger partial charge in [-0.25, -0.2) is 15.0 Å². The largest absolute Gasteiger partial charge is 0.456 e. The van der Waals surface area contributed by atoms with Crippen molar-refractivity contribution in [2.75, 3.05) is 0 Å². The van der Waals surface area contributed by atoms with E-state index >= 15 is 0 Å². The molecule has 4 heteroatoms. The molecule has 258 valence electrons. The molecule has 0 aliphatic heterocycles. The van der Waals surface area contributed by atoms with Crippen LogP contribution in [0.15, 0.2) is 205 Å². The van der Waals surface area contributed by atoms with Gasteiger partial charge in [0.1, 0.15) is 11.2 Å². The molecule has 0 saturated carbocycles. The number of rotatable bonds is 7. The van der Waals surface area contributed by atoms with Crippen molar-refractivity contribution in [3.63, 3.8) is 0 Å². The quantitative estimate of drug-likeness (QED) is 0.166. The van der Waals surface area contributed by atoms with E-state index in [-0.39, 0.29) is 0 Å². The second-order valence-corrected chi connectivity index (χ2v) is 13.6. The molecule has 4 nitrogen and oxygen atoms in total. The SMILES string of the molecule is c1ccc(-c2ccc(-c3ccc(-c4cccc(-c5ccc6oc7cccc(-c8nc(-c9ccccc9)nc(-c9ccccc9)n8)c7c6c5)c4)cc3)cc2)cc1. The van der Waals surface area contributed by atoms with Crippen LogP contribution < -0.4 is 0 Å².